The summed E-state index contributed by atoms with van der Waals surface area (Å²) in [5, 5.41) is 12.1. The first-order valence-corrected chi connectivity index (χ1v) is 6.89. The Morgan fingerprint density at radius 3 is 2.68 bits per heavy atom. The predicted octanol–water partition coefficient (Wildman–Crippen LogP) is 3.19. The molecule has 0 radical (unpaired) electrons. The van der Waals surface area contributed by atoms with Gasteiger partial charge in [0.1, 0.15) is 5.82 Å². The molecule has 3 nitrogen and oxygen atoms in total. The van der Waals surface area contributed by atoms with Gasteiger partial charge in [0, 0.05) is 6.54 Å². The summed E-state index contributed by atoms with van der Waals surface area (Å²) >= 11 is 0. The van der Waals surface area contributed by atoms with Crippen LogP contribution in [0.4, 0.5) is 4.39 Å². The Balaban J connectivity index is 1.82. The van der Waals surface area contributed by atoms with Gasteiger partial charge in [0.2, 0.25) is 0 Å². The van der Waals surface area contributed by atoms with Crippen LogP contribution in [0.2, 0.25) is 0 Å². The molecule has 0 amide bonds. The van der Waals surface area contributed by atoms with Crippen LogP contribution in [0.3, 0.4) is 0 Å². The zero-order valence-corrected chi connectivity index (χ0v) is 11.0. The highest BCUT2D eigenvalue weighted by Gasteiger charge is 2.13. The van der Waals surface area contributed by atoms with Gasteiger partial charge >= 0.3 is 5.97 Å². The minimum atomic E-state index is -1.22. The number of aromatic carboxylic acids is 1. The molecule has 0 spiro atoms. The van der Waals surface area contributed by atoms with E-state index in [1.165, 1.54) is 44.2 Å². The molecule has 19 heavy (non-hydrogen) atoms. The number of hydrogen-bond donors (Lipinski definition) is 2. The number of hydrogen-bond acceptors (Lipinski definition) is 2. The zero-order valence-electron chi connectivity index (χ0n) is 11.0. The van der Waals surface area contributed by atoms with Crippen molar-refractivity contribution in [3.05, 3.63) is 35.1 Å². The highest BCUT2D eigenvalue weighted by molar-refractivity contribution is 5.87. The largest absolute Gasteiger partial charge is 0.478 e. The maximum Gasteiger partial charge on any atom is 0.338 e. The molecule has 2 N–H and O–H groups in total. The van der Waals surface area contributed by atoms with E-state index in [-0.39, 0.29) is 5.56 Å². The van der Waals surface area contributed by atoms with Crippen LogP contribution in [0.15, 0.2) is 18.2 Å². The van der Waals surface area contributed by atoms with Gasteiger partial charge in [0.25, 0.3) is 0 Å². The fraction of sp³-hybridized carbons (Fsp3) is 0.533. The second-order valence-corrected chi connectivity index (χ2v) is 5.25. The lowest BCUT2D eigenvalue weighted by molar-refractivity contribution is 0.0692. The molecule has 1 aromatic carbocycles. The highest BCUT2D eigenvalue weighted by Crippen LogP contribution is 2.22. The van der Waals surface area contributed by atoms with Gasteiger partial charge in [-0.1, -0.05) is 25.3 Å². The van der Waals surface area contributed by atoms with E-state index in [0.717, 1.165) is 18.0 Å². The van der Waals surface area contributed by atoms with Gasteiger partial charge in [0.15, 0.2) is 0 Å². The van der Waals surface area contributed by atoms with Crippen LogP contribution < -0.4 is 5.32 Å². The van der Waals surface area contributed by atoms with Gasteiger partial charge in [-0.15, -0.1) is 0 Å². The molecule has 0 bridgehead atoms. The fourth-order valence-corrected chi connectivity index (χ4v) is 2.65. The lowest BCUT2D eigenvalue weighted by Crippen LogP contribution is -2.24. The smallest absolute Gasteiger partial charge is 0.338 e. The molecule has 0 aliphatic heterocycles. The first-order chi connectivity index (χ1) is 9.16. The van der Waals surface area contributed by atoms with E-state index in [1.807, 2.05) is 0 Å². The molecule has 1 fully saturated rings. The van der Waals surface area contributed by atoms with E-state index in [0.29, 0.717) is 6.54 Å². The molecule has 104 valence electrons. The van der Waals surface area contributed by atoms with E-state index in [4.69, 9.17) is 5.11 Å². The van der Waals surface area contributed by atoms with Crippen LogP contribution in [-0.2, 0) is 6.54 Å². The van der Waals surface area contributed by atoms with Crippen molar-refractivity contribution in [2.75, 3.05) is 6.54 Å². The van der Waals surface area contributed by atoms with E-state index < -0.39 is 11.8 Å². The van der Waals surface area contributed by atoms with Gasteiger partial charge in [-0.05, 0) is 43.0 Å². The van der Waals surface area contributed by atoms with Gasteiger partial charge in [-0.25, -0.2) is 9.18 Å². The van der Waals surface area contributed by atoms with E-state index in [2.05, 4.69) is 5.32 Å². The quantitative estimate of drug-likeness (QED) is 0.859. The lowest BCUT2D eigenvalue weighted by Gasteiger charge is -2.21. The third-order valence-corrected chi connectivity index (χ3v) is 3.75. The zero-order chi connectivity index (χ0) is 13.7. The second-order valence-electron chi connectivity index (χ2n) is 5.25. The molecule has 0 atom stereocenters. The Kier molecular flexibility index (Phi) is 4.91. The molecule has 1 aliphatic carbocycles. The van der Waals surface area contributed by atoms with Crippen molar-refractivity contribution in [3.63, 3.8) is 0 Å². The van der Waals surface area contributed by atoms with Gasteiger partial charge in [0.05, 0.1) is 5.56 Å². The molecule has 0 aromatic heterocycles. The van der Waals surface area contributed by atoms with Crippen LogP contribution in [-0.4, -0.2) is 17.6 Å². The minimum Gasteiger partial charge on any atom is -0.478 e. The summed E-state index contributed by atoms with van der Waals surface area (Å²) in [4.78, 5) is 10.7. The molecule has 2 rings (SSSR count). The third kappa shape index (κ3) is 4.03. The Morgan fingerprint density at radius 1 is 1.32 bits per heavy atom. The minimum absolute atomic E-state index is 0.268. The summed E-state index contributed by atoms with van der Waals surface area (Å²) in [5.74, 6) is -1.15. The predicted molar refractivity (Wildman–Crippen MR) is 71.6 cm³/mol. The van der Waals surface area contributed by atoms with Crippen molar-refractivity contribution in [1.82, 2.24) is 5.32 Å². The Hall–Kier alpha value is -1.42. The number of nitrogens with one attached hydrogen (secondary N) is 1. The summed E-state index contributed by atoms with van der Waals surface area (Å²) in [7, 11) is 0. The van der Waals surface area contributed by atoms with Crippen molar-refractivity contribution in [3.8, 4) is 0 Å². The maximum absolute atomic E-state index is 13.5. The summed E-state index contributed by atoms with van der Waals surface area (Å²) in [6.45, 7) is 1.55. The van der Waals surface area contributed by atoms with Crippen LogP contribution in [0.25, 0.3) is 0 Å². The number of halogens is 1. The number of carboxylic acids is 1. The second kappa shape index (κ2) is 6.66. The summed E-state index contributed by atoms with van der Waals surface area (Å²) < 4.78 is 13.5. The van der Waals surface area contributed by atoms with Crippen LogP contribution in [0, 0.1) is 11.7 Å². The first kappa shape index (κ1) is 14.0. The Bertz CT molecular complexity index is 442. The topological polar surface area (TPSA) is 49.3 Å². The van der Waals surface area contributed by atoms with E-state index in [1.54, 1.807) is 6.07 Å². The molecule has 1 aliphatic rings. The van der Waals surface area contributed by atoms with Gasteiger partial charge < -0.3 is 10.4 Å². The van der Waals surface area contributed by atoms with Gasteiger partial charge in [-0.3, -0.25) is 0 Å². The van der Waals surface area contributed by atoms with Gasteiger partial charge in [-0.2, -0.15) is 0 Å². The number of carbonyl (C=O) groups is 1. The Labute approximate surface area is 112 Å². The normalized spacial score (nSPS) is 16.5. The van der Waals surface area contributed by atoms with Crippen molar-refractivity contribution < 1.29 is 14.3 Å². The maximum atomic E-state index is 13.5. The van der Waals surface area contributed by atoms with Crippen molar-refractivity contribution in [2.45, 2.75) is 38.6 Å². The van der Waals surface area contributed by atoms with E-state index in [9.17, 15) is 9.18 Å². The van der Waals surface area contributed by atoms with E-state index >= 15 is 0 Å². The average molecular weight is 265 g/mol. The number of rotatable bonds is 5. The fourth-order valence-electron chi connectivity index (χ4n) is 2.65. The molecule has 0 heterocycles. The Morgan fingerprint density at radius 2 is 2.05 bits per heavy atom. The molecule has 0 saturated heterocycles. The average Bonchev–Trinajstić information content (AvgIpc) is 2.39. The molecule has 0 unspecified atom stereocenters. The standard InChI is InChI=1S/C15H20FNO2/c16-14-8-12(6-7-13(14)15(18)19)10-17-9-11-4-2-1-3-5-11/h6-8,11,17H,1-5,9-10H2,(H,18,19). The molecule has 1 saturated carbocycles. The molecular weight excluding hydrogens is 245 g/mol. The summed E-state index contributed by atoms with van der Waals surface area (Å²) in [6, 6.07) is 4.30. The number of carboxylic acid groups (broad SMARTS) is 1. The summed E-state index contributed by atoms with van der Waals surface area (Å²) in [5.41, 5.74) is 0.523. The first-order valence-electron chi connectivity index (χ1n) is 6.89. The van der Waals surface area contributed by atoms with Crippen molar-refractivity contribution in [1.29, 1.82) is 0 Å². The lowest BCUT2D eigenvalue weighted by atomic mass is 9.89. The number of benzene rings is 1. The monoisotopic (exact) mass is 265 g/mol. The highest BCUT2D eigenvalue weighted by atomic mass is 19.1. The van der Waals surface area contributed by atoms with Crippen molar-refractivity contribution >= 4 is 5.97 Å². The molecule has 4 heteroatoms. The van der Waals surface area contributed by atoms with Crippen molar-refractivity contribution in [2.24, 2.45) is 5.92 Å². The molecular formula is C15H20FNO2. The molecule has 1 aromatic rings. The SMILES string of the molecule is O=C(O)c1ccc(CNCC2CCCCC2)cc1F. The van der Waals surface area contributed by atoms with Crippen LogP contribution in [0.1, 0.15) is 48.0 Å². The van der Waals surface area contributed by atoms with Crippen LogP contribution in [0.5, 0.6) is 0 Å². The third-order valence-electron chi connectivity index (χ3n) is 3.75. The van der Waals surface area contributed by atoms with Crippen LogP contribution >= 0.6 is 0 Å². The summed E-state index contributed by atoms with van der Waals surface area (Å²) in [6.07, 6.45) is 6.53.